The maximum absolute atomic E-state index is 10.4. The Morgan fingerprint density at radius 2 is 1.33 bits per heavy atom. The topological polar surface area (TPSA) is 37.3 Å². The minimum atomic E-state index is -0.662. The molecule has 0 spiro atoms. The summed E-state index contributed by atoms with van der Waals surface area (Å²) in [6.07, 6.45) is 25.2. The fourth-order valence-electron chi connectivity index (χ4n) is 2.91. The fraction of sp³-hybridized carbons (Fsp3) is 0.714. The molecule has 0 saturated heterocycles. The number of hydrogen-bond donors (Lipinski definition) is 1. The van der Waals surface area contributed by atoms with Crippen molar-refractivity contribution in [3.05, 3.63) is 22.0 Å². The van der Waals surface area contributed by atoms with Gasteiger partial charge in [-0.3, -0.25) is 4.79 Å². The monoisotopic (exact) mass is 528 g/mol. The van der Waals surface area contributed by atoms with E-state index in [1.807, 2.05) is 3.21 Å². The number of hydrogen-bond acceptors (Lipinski definition) is 1. The number of carbonyl (C=O) groups is 1. The van der Waals surface area contributed by atoms with Crippen LogP contribution in [0.2, 0.25) is 0 Å². The van der Waals surface area contributed by atoms with Crippen LogP contribution in [0.15, 0.2) is 22.0 Å². The van der Waals surface area contributed by atoms with Crippen molar-refractivity contribution in [2.75, 3.05) is 0 Å². The first kappa shape index (κ1) is 21.7. The second-order valence-electron chi connectivity index (χ2n) is 6.77. The molecule has 0 bridgehead atoms. The van der Waals surface area contributed by atoms with Gasteiger partial charge in [-0.15, -0.1) is 0 Å². The third kappa shape index (κ3) is 14.1. The molecule has 1 N–H and O–H groups in total. The Bertz CT molecular complexity index is 410. The van der Waals surface area contributed by atoms with Crippen molar-refractivity contribution in [1.29, 1.82) is 0 Å². The van der Waals surface area contributed by atoms with E-state index in [-0.39, 0.29) is 22.8 Å². The van der Waals surface area contributed by atoms with Gasteiger partial charge in [-0.25, -0.2) is 0 Å². The summed E-state index contributed by atoms with van der Waals surface area (Å²) >= 11 is -0.170. The Morgan fingerprint density at radius 1 is 0.833 bits per heavy atom. The summed E-state index contributed by atoms with van der Waals surface area (Å²) in [5.41, 5.74) is 0. The van der Waals surface area contributed by atoms with Crippen LogP contribution in [0.1, 0.15) is 96.3 Å². The zero-order valence-corrected chi connectivity index (χ0v) is 18.7. The molecule has 136 valence electrons. The molecule has 0 amide bonds. The van der Waals surface area contributed by atoms with Crippen LogP contribution in [0, 0.1) is 0 Å². The van der Waals surface area contributed by atoms with Crippen molar-refractivity contribution >= 4 is 31.9 Å². The fourth-order valence-corrected chi connectivity index (χ4v) is 5.42. The van der Waals surface area contributed by atoms with Crippen LogP contribution in [0.3, 0.4) is 0 Å². The van der Waals surface area contributed by atoms with Crippen LogP contribution in [-0.4, -0.2) is 37.0 Å². The average Bonchev–Trinajstić information content (AvgIpc) is 2.51. The summed E-state index contributed by atoms with van der Waals surface area (Å²) in [4.78, 5) is 10.4. The van der Waals surface area contributed by atoms with Gasteiger partial charge in [-0.1, -0.05) is 19.3 Å². The summed E-state index contributed by atoms with van der Waals surface area (Å²) in [7, 11) is 0. The molecule has 0 fully saturated rings. The van der Waals surface area contributed by atoms with Gasteiger partial charge in [0.25, 0.3) is 0 Å². The Hall–Kier alpha value is -0.297. The van der Waals surface area contributed by atoms with Gasteiger partial charge in [-0.05, 0) is 12.8 Å². The van der Waals surface area contributed by atoms with E-state index in [0.29, 0.717) is 6.42 Å². The molecule has 0 atom stereocenters. The number of rotatable bonds is 17. The standard InChI is InChI=1S/C21H35O2.Bi/c1-2-3-4-5-6-7-8-9-10-11-12-13-14-15-16-17-18-19-20-21(22)23;/h1-2,12-13H,4-11,14-20H2,(H,22,23);/b2-1?,13-12-;. The second kappa shape index (κ2) is 16.2. The normalized spacial score (nSPS) is 13.2. The molecule has 0 radical (unpaired) electrons. The number of carboxylic acids is 1. The third-order valence-electron chi connectivity index (χ3n) is 4.49. The van der Waals surface area contributed by atoms with Crippen molar-refractivity contribution < 1.29 is 9.90 Å². The van der Waals surface area contributed by atoms with Crippen LogP contribution in [0.4, 0.5) is 0 Å². The van der Waals surface area contributed by atoms with Crippen molar-refractivity contribution in [2.24, 2.45) is 0 Å². The molecule has 0 unspecified atom stereocenters. The molecule has 24 heavy (non-hydrogen) atoms. The zero-order valence-electron chi connectivity index (χ0n) is 15.2. The Balaban J connectivity index is 1.70. The second-order valence-corrected chi connectivity index (χ2v) is 11.2. The van der Waals surface area contributed by atoms with E-state index in [2.05, 4.69) is 22.0 Å². The first-order chi connectivity index (χ1) is 11.8. The predicted octanol–water partition coefficient (Wildman–Crippen LogP) is 5.88. The van der Waals surface area contributed by atoms with E-state index in [1.54, 1.807) is 0 Å². The first-order valence-electron chi connectivity index (χ1n) is 9.89. The van der Waals surface area contributed by atoms with E-state index < -0.39 is 5.97 Å². The summed E-state index contributed by atoms with van der Waals surface area (Å²) in [6, 6.07) is 0. The van der Waals surface area contributed by atoms with Gasteiger partial charge in [0.1, 0.15) is 0 Å². The summed E-state index contributed by atoms with van der Waals surface area (Å²) in [6.45, 7) is 0. The van der Waals surface area contributed by atoms with E-state index in [9.17, 15) is 4.79 Å². The molecular formula is C21H35BiO2. The van der Waals surface area contributed by atoms with Gasteiger partial charge in [0.05, 0.1) is 0 Å². The van der Waals surface area contributed by atoms with Crippen LogP contribution < -0.4 is 0 Å². The molecule has 3 heteroatoms. The van der Waals surface area contributed by atoms with E-state index in [4.69, 9.17) is 5.11 Å². The van der Waals surface area contributed by atoms with E-state index in [1.165, 1.54) is 77.0 Å². The molecule has 1 heterocycles. The molecule has 1 rings (SSSR count). The first-order valence-corrected chi connectivity index (χ1v) is 13.6. The van der Waals surface area contributed by atoms with Gasteiger partial charge in [0.15, 0.2) is 0 Å². The molecule has 0 saturated carbocycles. The summed E-state index contributed by atoms with van der Waals surface area (Å²) in [5, 5.41) is 8.55. The van der Waals surface area contributed by atoms with Gasteiger partial charge < -0.3 is 5.11 Å². The zero-order chi connectivity index (χ0) is 17.3. The van der Waals surface area contributed by atoms with Crippen molar-refractivity contribution in [3.8, 4) is 0 Å². The average molecular weight is 528 g/mol. The van der Waals surface area contributed by atoms with Crippen LogP contribution >= 0.6 is 0 Å². The van der Waals surface area contributed by atoms with E-state index in [0.717, 1.165) is 12.8 Å². The van der Waals surface area contributed by atoms with Gasteiger partial charge in [0.2, 0.25) is 0 Å². The Labute approximate surface area is 159 Å². The quantitative estimate of drug-likeness (QED) is 0.145. The van der Waals surface area contributed by atoms with Gasteiger partial charge in [0, 0.05) is 6.42 Å². The number of allylic oxidation sites excluding steroid dienone is 3. The molecule has 1 aliphatic rings. The van der Waals surface area contributed by atoms with Crippen LogP contribution in [-0.2, 0) is 4.79 Å². The number of aliphatic carboxylic acids is 1. The van der Waals surface area contributed by atoms with Crippen LogP contribution in [0.25, 0.3) is 0 Å². The van der Waals surface area contributed by atoms with Gasteiger partial charge in [-0.2, -0.15) is 0 Å². The van der Waals surface area contributed by atoms with Crippen LogP contribution in [0.5, 0.6) is 0 Å². The number of unbranched alkanes of at least 4 members (excludes halogenated alkanes) is 11. The van der Waals surface area contributed by atoms with Crippen molar-refractivity contribution in [3.63, 3.8) is 0 Å². The maximum atomic E-state index is 10.4. The third-order valence-corrected chi connectivity index (χ3v) is 8.39. The SMILES string of the molecule is O=C(O)CCCCCCC/C=C\CCCCCCCC[C]1=[Bi][CH]=C1. The number of carboxylic acid groups (broad SMARTS) is 1. The van der Waals surface area contributed by atoms with Crippen molar-refractivity contribution in [2.45, 2.75) is 96.3 Å². The molecule has 1 aliphatic heterocycles. The Kier molecular flexibility index (Phi) is 14.7. The molecule has 0 aromatic rings. The minimum absolute atomic E-state index is 0.170. The molecule has 0 aliphatic carbocycles. The molecule has 2 nitrogen and oxygen atoms in total. The molecule has 0 aromatic carbocycles. The molecule has 0 aromatic heterocycles. The Morgan fingerprint density at radius 3 is 1.83 bits per heavy atom. The summed E-state index contributed by atoms with van der Waals surface area (Å²) < 4.78 is 4.27. The predicted molar refractivity (Wildman–Crippen MR) is 106 cm³/mol. The van der Waals surface area contributed by atoms with Gasteiger partial charge >= 0.3 is 112 Å². The molecular weight excluding hydrogens is 493 g/mol. The van der Waals surface area contributed by atoms with E-state index >= 15 is 0 Å². The van der Waals surface area contributed by atoms with Crippen molar-refractivity contribution in [1.82, 2.24) is 0 Å². The summed E-state index contributed by atoms with van der Waals surface area (Å²) in [5.74, 6) is -0.662.